The van der Waals surface area contributed by atoms with Gasteiger partial charge in [0.2, 0.25) is 5.91 Å². The zero-order valence-electron chi connectivity index (χ0n) is 19.3. The number of aromatic nitrogens is 2. The Labute approximate surface area is 197 Å². The summed E-state index contributed by atoms with van der Waals surface area (Å²) >= 11 is 0. The van der Waals surface area contributed by atoms with Gasteiger partial charge in [0, 0.05) is 31.2 Å². The van der Waals surface area contributed by atoms with Gasteiger partial charge in [0.1, 0.15) is 0 Å². The number of likely N-dealkylation sites (tertiary alicyclic amines) is 1. The number of benzene rings is 1. The molecule has 7 nitrogen and oxygen atoms in total. The predicted octanol–water partition coefficient (Wildman–Crippen LogP) is 3.96. The van der Waals surface area contributed by atoms with Crippen LogP contribution in [-0.2, 0) is 11.3 Å². The van der Waals surface area contributed by atoms with Crippen LogP contribution in [0, 0.1) is 11.8 Å². The van der Waals surface area contributed by atoms with E-state index in [-0.39, 0.29) is 24.7 Å². The molecule has 0 saturated carbocycles. The number of hydrogen-bond acceptors (Lipinski definition) is 6. The minimum atomic E-state index is -4.13. The van der Waals surface area contributed by atoms with E-state index < -0.39 is 12.1 Å². The highest BCUT2D eigenvalue weighted by Gasteiger charge is 2.41. The normalized spacial score (nSPS) is 18.6. The third-order valence-corrected chi connectivity index (χ3v) is 6.71. The molecule has 184 valence electrons. The average molecular weight is 477 g/mol. The number of rotatable bonds is 6. The van der Waals surface area contributed by atoms with E-state index >= 15 is 0 Å². The van der Waals surface area contributed by atoms with Crippen molar-refractivity contribution in [1.29, 1.82) is 0 Å². The van der Waals surface area contributed by atoms with Gasteiger partial charge in [-0.2, -0.15) is 13.2 Å². The third-order valence-electron chi connectivity index (χ3n) is 6.71. The molecule has 0 atom stereocenters. The summed E-state index contributed by atoms with van der Waals surface area (Å²) in [5.41, 5.74) is 1.84. The fourth-order valence-corrected chi connectivity index (χ4v) is 4.45. The van der Waals surface area contributed by atoms with Crippen LogP contribution in [0.3, 0.4) is 0 Å². The number of nitrogens with zero attached hydrogens (tertiary/aromatic N) is 4. The monoisotopic (exact) mass is 476 g/mol. The summed E-state index contributed by atoms with van der Waals surface area (Å²) in [6.45, 7) is 3.05. The van der Waals surface area contributed by atoms with Crippen molar-refractivity contribution in [3.63, 3.8) is 0 Å². The Morgan fingerprint density at radius 3 is 2.24 bits per heavy atom. The van der Waals surface area contributed by atoms with Crippen molar-refractivity contribution in [2.45, 2.75) is 38.4 Å². The quantitative estimate of drug-likeness (QED) is 0.658. The summed E-state index contributed by atoms with van der Waals surface area (Å²) in [4.78, 5) is 16.5. The fourth-order valence-electron chi connectivity index (χ4n) is 4.45. The van der Waals surface area contributed by atoms with Crippen LogP contribution in [0.25, 0.3) is 0 Å². The van der Waals surface area contributed by atoms with Gasteiger partial charge in [-0.25, -0.2) is 0 Å². The second-order valence-corrected chi connectivity index (χ2v) is 9.20. The third kappa shape index (κ3) is 6.37. The molecule has 1 aromatic carbocycles. The number of amides is 1. The maximum Gasteiger partial charge on any atom is 0.391 e. The standard InChI is InChI=1S/C24H31F3N6O/c1-32-12-8-18(9-13-32)23(34)28-16-17-2-4-20(5-3-17)29-21-6-7-22(31-30-21)33-14-10-19(11-15-33)24(25,26)27/h2-7,18-19H,8-16H2,1H3,(H,28,34)(H,29,30). The first-order valence-electron chi connectivity index (χ1n) is 11.8. The average Bonchev–Trinajstić information content (AvgIpc) is 2.84. The molecule has 0 bridgehead atoms. The Morgan fingerprint density at radius 2 is 1.65 bits per heavy atom. The van der Waals surface area contributed by atoms with E-state index in [0.29, 0.717) is 31.3 Å². The number of carbonyl (C=O) groups excluding carboxylic acids is 1. The maximum absolute atomic E-state index is 12.8. The molecule has 3 heterocycles. The second-order valence-electron chi connectivity index (χ2n) is 9.20. The maximum atomic E-state index is 12.8. The molecule has 1 amide bonds. The Balaban J connectivity index is 1.24. The summed E-state index contributed by atoms with van der Waals surface area (Å²) in [5, 5.41) is 14.6. The second kappa shape index (κ2) is 10.6. The number of nitrogens with one attached hydrogen (secondary N) is 2. The molecule has 0 spiro atoms. The molecule has 2 aromatic rings. The zero-order valence-corrected chi connectivity index (χ0v) is 19.3. The van der Waals surface area contributed by atoms with Crippen molar-refractivity contribution >= 4 is 23.2 Å². The minimum absolute atomic E-state index is 0.0793. The Morgan fingerprint density at radius 1 is 0.971 bits per heavy atom. The molecule has 0 radical (unpaired) electrons. The lowest BCUT2D eigenvalue weighted by molar-refractivity contribution is -0.179. The van der Waals surface area contributed by atoms with Crippen LogP contribution >= 0.6 is 0 Å². The Kier molecular flexibility index (Phi) is 7.55. The Hall–Kier alpha value is -2.88. The van der Waals surface area contributed by atoms with Gasteiger partial charge in [0.15, 0.2) is 11.6 Å². The molecule has 2 saturated heterocycles. The number of carbonyl (C=O) groups is 1. The van der Waals surface area contributed by atoms with E-state index in [1.54, 1.807) is 12.1 Å². The molecular weight excluding hydrogens is 445 g/mol. The minimum Gasteiger partial charge on any atom is -0.355 e. The Bertz CT molecular complexity index is 935. The summed E-state index contributed by atoms with van der Waals surface area (Å²) in [6, 6.07) is 11.3. The van der Waals surface area contributed by atoms with Crippen LogP contribution in [-0.4, -0.2) is 60.4 Å². The lowest BCUT2D eigenvalue weighted by Crippen LogP contribution is -2.39. The van der Waals surface area contributed by atoms with E-state index in [1.165, 1.54) is 0 Å². The number of alkyl halides is 3. The van der Waals surface area contributed by atoms with Crippen molar-refractivity contribution in [3.8, 4) is 0 Å². The lowest BCUT2D eigenvalue weighted by Gasteiger charge is -2.33. The van der Waals surface area contributed by atoms with Crippen molar-refractivity contribution < 1.29 is 18.0 Å². The topological polar surface area (TPSA) is 73.4 Å². The van der Waals surface area contributed by atoms with Gasteiger partial charge in [-0.05, 0) is 75.6 Å². The highest BCUT2D eigenvalue weighted by molar-refractivity contribution is 5.78. The van der Waals surface area contributed by atoms with E-state index in [4.69, 9.17) is 0 Å². The highest BCUT2D eigenvalue weighted by atomic mass is 19.4. The first-order valence-corrected chi connectivity index (χ1v) is 11.8. The summed E-state index contributed by atoms with van der Waals surface area (Å²) in [6.07, 6.45) is -2.17. The molecule has 2 aliphatic rings. The predicted molar refractivity (Wildman–Crippen MR) is 125 cm³/mol. The van der Waals surface area contributed by atoms with Gasteiger partial charge in [0.25, 0.3) is 0 Å². The first kappa shape index (κ1) is 24.3. The molecule has 2 aliphatic heterocycles. The number of anilines is 3. The van der Waals surface area contributed by atoms with Crippen LogP contribution in [0.2, 0.25) is 0 Å². The highest BCUT2D eigenvalue weighted by Crippen LogP contribution is 2.35. The summed E-state index contributed by atoms with van der Waals surface area (Å²) < 4.78 is 38.5. The fraction of sp³-hybridized carbons (Fsp3) is 0.542. The van der Waals surface area contributed by atoms with Gasteiger partial charge < -0.3 is 20.4 Å². The van der Waals surface area contributed by atoms with Gasteiger partial charge in [-0.1, -0.05) is 12.1 Å². The number of hydrogen-bond donors (Lipinski definition) is 2. The number of halogens is 3. The summed E-state index contributed by atoms with van der Waals surface area (Å²) in [5.74, 6) is 0.116. The van der Waals surface area contributed by atoms with Crippen molar-refractivity contribution in [1.82, 2.24) is 20.4 Å². The SMILES string of the molecule is CN1CCC(C(=O)NCc2ccc(Nc3ccc(N4CCC(C(F)(F)F)CC4)nn3)cc2)CC1. The first-order chi connectivity index (χ1) is 16.3. The van der Waals surface area contributed by atoms with Crippen molar-refractivity contribution in [3.05, 3.63) is 42.0 Å². The smallest absolute Gasteiger partial charge is 0.355 e. The van der Waals surface area contributed by atoms with Gasteiger partial charge in [-0.3, -0.25) is 4.79 Å². The van der Waals surface area contributed by atoms with Crippen LogP contribution in [0.15, 0.2) is 36.4 Å². The van der Waals surface area contributed by atoms with Gasteiger partial charge in [0.05, 0.1) is 5.92 Å². The number of piperidine rings is 2. The molecule has 0 unspecified atom stereocenters. The van der Waals surface area contributed by atoms with E-state index in [1.807, 2.05) is 29.2 Å². The molecule has 2 N–H and O–H groups in total. The van der Waals surface area contributed by atoms with E-state index in [9.17, 15) is 18.0 Å². The zero-order chi connectivity index (χ0) is 24.1. The van der Waals surface area contributed by atoms with Crippen LogP contribution in [0.4, 0.5) is 30.5 Å². The van der Waals surface area contributed by atoms with Crippen LogP contribution in [0.5, 0.6) is 0 Å². The van der Waals surface area contributed by atoms with Gasteiger partial charge in [-0.15, -0.1) is 10.2 Å². The molecule has 2 fully saturated rings. The molecule has 1 aromatic heterocycles. The lowest BCUT2D eigenvalue weighted by atomic mass is 9.96. The van der Waals surface area contributed by atoms with E-state index in [0.717, 1.165) is 37.2 Å². The van der Waals surface area contributed by atoms with Crippen molar-refractivity contribution in [2.75, 3.05) is 43.4 Å². The van der Waals surface area contributed by atoms with Crippen molar-refractivity contribution in [2.24, 2.45) is 11.8 Å². The van der Waals surface area contributed by atoms with Gasteiger partial charge >= 0.3 is 6.18 Å². The van der Waals surface area contributed by atoms with Crippen LogP contribution in [0.1, 0.15) is 31.2 Å². The molecule has 34 heavy (non-hydrogen) atoms. The molecule has 4 rings (SSSR count). The largest absolute Gasteiger partial charge is 0.391 e. The van der Waals surface area contributed by atoms with Crippen LogP contribution < -0.4 is 15.5 Å². The molecule has 0 aliphatic carbocycles. The molecular formula is C24H31F3N6O. The van der Waals surface area contributed by atoms with E-state index in [2.05, 4.69) is 32.8 Å². The molecule has 10 heteroatoms. The summed E-state index contributed by atoms with van der Waals surface area (Å²) in [7, 11) is 2.08.